The highest BCUT2D eigenvalue weighted by molar-refractivity contribution is 9.10. The number of benzene rings is 1. The van der Waals surface area contributed by atoms with Crippen LogP contribution in [0.2, 0.25) is 0 Å². The molecule has 3 aromatic rings. The van der Waals surface area contributed by atoms with E-state index in [4.69, 9.17) is 0 Å². The van der Waals surface area contributed by atoms with E-state index in [1.807, 2.05) is 0 Å². The maximum Gasteiger partial charge on any atom is 0.280 e. The number of rotatable bonds is 4. The van der Waals surface area contributed by atoms with E-state index < -0.39 is 30.1 Å². The average molecular weight is 417 g/mol. The monoisotopic (exact) mass is 416 g/mol. The van der Waals surface area contributed by atoms with E-state index in [0.717, 1.165) is 10.5 Å². The smallest absolute Gasteiger partial charge is 0.280 e. The fraction of sp³-hybridized carbons (Fsp3) is 0.133. The van der Waals surface area contributed by atoms with Crippen LogP contribution in [0.5, 0.6) is 0 Å². The van der Waals surface area contributed by atoms with Gasteiger partial charge in [0.05, 0.1) is 0 Å². The predicted molar refractivity (Wildman–Crippen MR) is 85.0 cm³/mol. The van der Waals surface area contributed by atoms with Crippen LogP contribution in [0.1, 0.15) is 34.7 Å². The third kappa shape index (κ3) is 3.63. The molecule has 0 aliphatic carbocycles. The normalized spacial score (nSPS) is 11.5. The minimum Gasteiger partial charge on any atom is -0.321 e. The molecule has 0 bridgehead atoms. The first kappa shape index (κ1) is 17.3. The van der Waals surface area contributed by atoms with Crippen molar-refractivity contribution in [2.45, 2.75) is 12.9 Å². The number of alkyl halides is 4. The molecule has 0 fully saturated rings. The molecule has 0 radical (unpaired) electrons. The number of nitrogens with one attached hydrogen (secondary N) is 1. The maximum absolute atomic E-state index is 13.1. The van der Waals surface area contributed by atoms with Crippen molar-refractivity contribution in [3.8, 4) is 0 Å². The molecular formula is C15H9BrF4N4O. The Morgan fingerprint density at radius 2 is 1.76 bits per heavy atom. The SMILES string of the molecule is O=C(Nc1ccc(Br)cc1)c1cc2nc(C(F)F)cc(C(F)F)n2n1. The van der Waals surface area contributed by atoms with E-state index in [1.165, 1.54) is 0 Å². The van der Waals surface area contributed by atoms with Gasteiger partial charge < -0.3 is 5.32 Å². The molecule has 130 valence electrons. The molecule has 1 aromatic carbocycles. The van der Waals surface area contributed by atoms with Gasteiger partial charge in [0.2, 0.25) is 0 Å². The van der Waals surface area contributed by atoms with E-state index in [0.29, 0.717) is 16.3 Å². The topological polar surface area (TPSA) is 59.3 Å². The third-order valence-corrected chi connectivity index (χ3v) is 3.79. The number of carbonyl (C=O) groups excluding carboxylic acids is 1. The largest absolute Gasteiger partial charge is 0.321 e. The quantitative estimate of drug-likeness (QED) is 0.631. The van der Waals surface area contributed by atoms with E-state index in [9.17, 15) is 22.4 Å². The molecule has 2 aromatic heterocycles. The van der Waals surface area contributed by atoms with Crippen LogP contribution in [-0.4, -0.2) is 20.5 Å². The van der Waals surface area contributed by atoms with Crippen LogP contribution in [0.4, 0.5) is 23.2 Å². The van der Waals surface area contributed by atoms with Crippen LogP contribution in [0.25, 0.3) is 5.65 Å². The minimum absolute atomic E-state index is 0.219. The van der Waals surface area contributed by atoms with E-state index >= 15 is 0 Å². The Labute approximate surface area is 146 Å². The summed E-state index contributed by atoms with van der Waals surface area (Å²) in [5, 5.41) is 6.29. The lowest BCUT2D eigenvalue weighted by atomic mass is 10.3. The molecular weight excluding hydrogens is 408 g/mol. The molecule has 0 spiro atoms. The van der Waals surface area contributed by atoms with Gasteiger partial charge in [-0.05, 0) is 30.3 Å². The second-order valence-corrected chi connectivity index (χ2v) is 5.88. The highest BCUT2D eigenvalue weighted by Crippen LogP contribution is 2.25. The highest BCUT2D eigenvalue weighted by atomic mass is 79.9. The first-order valence-corrected chi connectivity index (χ1v) is 7.68. The van der Waals surface area contributed by atoms with E-state index in [2.05, 4.69) is 31.3 Å². The van der Waals surface area contributed by atoms with Gasteiger partial charge in [0, 0.05) is 16.2 Å². The number of anilines is 1. The van der Waals surface area contributed by atoms with Gasteiger partial charge in [0.1, 0.15) is 11.4 Å². The van der Waals surface area contributed by atoms with Crippen molar-refractivity contribution < 1.29 is 22.4 Å². The number of hydrogen-bond acceptors (Lipinski definition) is 3. The molecule has 0 saturated heterocycles. The molecule has 25 heavy (non-hydrogen) atoms. The Bertz CT molecular complexity index is 927. The van der Waals surface area contributed by atoms with Crippen molar-refractivity contribution in [3.63, 3.8) is 0 Å². The van der Waals surface area contributed by atoms with Gasteiger partial charge in [-0.15, -0.1) is 0 Å². The lowest BCUT2D eigenvalue weighted by Gasteiger charge is -2.06. The summed E-state index contributed by atoms with van der Waals surface area (Å²) >= 11 is 3.25. The van der Waals surface area contributed by atoms with E-state index in [-0.39, 0.29) is 11.3 Å². The molecule has 1 amide bonds. The molecule has 5 nitrogen and oxygen atoms in total. The number of fused-ring (bicyclic) bond motifs is 1. The summed E-state index contributed by atoms with van der Waals surface area (Å²) < 4.78 is 53.3. The average Bonchev–Trinajstić information content (AvgIpc) is 2.99. The summed E-state index contributed by atoms with van der Waals surface area (Å²) in [5.74, 6) is -0.674. The second kappa shape index (κ2) is 6.79. The predicted octanol–water partition coefficient (Wildman–Crippen LogP) is 4.62. The first-order chi connectivity index (χ1) is 11.8. The first-order valence-electron chi connectivity index (χ1n) is 6.89. The number of carbonyl (C=O) groups is 1. The molecule has 0 atom stereocenters. The molecule has 0 aliphatic heterocycles. The fourth-order valence-corrected chi connectivity index (χ4v) is 2.39. The van der Waals surface area contributed by atoms with Gasteiger partial charge in [-0.1, -0.05) is 15.9 Å². The summed E-state index contributed by atoms with van der Waals surface area (Å²) in [6, 6.07) is 8.29. The zero-order valence-electron chi connectivity index (χ0n) is 12.3. The molecule has 2 heterocycles. The van der Waals surface area contributed by atoms with Gasteiger partial charge in [-0.3, -0.25) is 4.79 Å². The Morgan fingerprint density at radius 1 is 1.08 bits per heavy atom. The van der Waals surface area contributed by atoms with Crippen LogP contribution >= 0.6 is 15.9 Å². The third-order valence-electron chi connectivity index (χ3n) is 3.26. The van der Waals surface area contributed by atoms with Gasteiger partial charge >= 0.3 is 0 Å². The number of amides is 1. The molecule has 0 aliphatic rings. The minimum atomic E-state index is -3.05. The van der Waals surface area contributed by atoms with Crippen molar-refractivity contribution in [2.24, 2.45) is 0 Å². The fourth-order valence-electron chi connectivity index (χ4n) is 2.12. The zero-order chi connectivity index (χ0) is 18.1. The van der Waals surface area contributed by atoms with Crippen LogP contribution in [0, 0.1) is 0 Å². The number of nitrogens with zero attached hydrogens (tertiary/aromatic N) is 3. The summed E-state index contributed by atoms with van der Waals surface area (Å²) in [6.45, 7) is 0. The molecule has 0 saturated carbocycles. The standard InChI is InChI=1S/C15H9BrF4N4O/c16-7-1-3-8(4-2-7)21-15(25)10-6-12-22-9(13(17)18)5-11(14(19)20)24(12)23-10/h1-6,13-14H,(H,21,25). The van der Waals surface area contributed by atoms with Crippen LogP contribution in [0.15, 0.2) is 40.9 Å². The van der Waals surface area contributed by atoms with E-state index in [1.54, 1.807) is 24.3 Å². The molecule has 0 unspecified atom stereocenters. The Hall–Kier alpha value is -2.49. The Balaban J connectivity index is 1.98. The summed E-state index contributed by atoms with van der Waals surface area (Å²) in [6.07, 6.45) is -6.07. The van der Waals surface area contributed by atoms with Gasteiger partial charge in [-0.2, -0.15) is 5.10 Å². The second-order valence-electron chi connectivity index (χ2n) is 4.97. The number of aromatic nitrogens is 3. The molecule has 3 rings (SSSR count). The summed E-state index contributed by atoms with van der Waals surface area (Å²) in [7, 11) is 0. The molecule has 10 heteroatoms. The van der Waals surface area contributed by atoms with Crippen LogP contribution in [-0.2, 0) is 0 Å². The van der Waals surface area contributed by atoms with Gasteiger partial charge in [0.25, 0.3) is 18.8 Å². The highest BCUT2D eigenvalue weighted by Gasteiger charge is 2.22. The van der Waals surface area contributed by atoms with Crippen molar-refractivity contribution in [1.29, 1.82) is 0 Å². The van der Waals surface area contributed by atoms with Crippen molar-refractivity contribution in [1.82, 2.24) is 14.6 Å². The van der Waals surface area contributed by atoms with Crippen molar-refractivity contribution in [3.05, 3.63) is 58.0 Å². The Morgan fingerprint density at radius 3 is 2.36 bits per heavy atom. The van der Waals surface area contributed by atoms with Crippen LogP contribution < -0.4 is 5.32 Å². The van der Waals surface area contributed by atoms with Gasteiger partial charge in [-0.25, -0.2) is 27.1 Å². The number of halogens is 5. The molecule has 1 N–H and O–H groups in total. The lowest BCUT2D eigenvalue weighted by Crippen LogP contribution is -2.13. The zero-order valence-corrected chi connectivity index (χ0v) is 13.8. The Kier molecular flexibility index (Phi) is 4.71. The van der Waals surface area contributed by atoms with Crippen LogP contribution in [0.3, 0.4) is 0 Å². The number of hydrogen-bond donors (Lipinski definition) is 1. The summed E-state index contributed by atoms with van der Waals surface area (Å²) in [5.41, 5.74) is -1.58. The van der Waals surface area contributed by atoms with Crippen molar-refractivity contribution >= 4 is 33.2 Å². The maximum atomic E-state index is 13.1. The van der Waals surface area contributed by atoms with Crippen molar-refractivity contribution in [2.75, 3.05) is 5.32 Å². The lowest BCUT2D eigenvalue weighted by molar-refractivity contribution is 0.102. The van der Waals surface area contributed by atoms with Gasteiger partial charge in [0.15, 0.2) is 11.3 Å². The summed E-state index contributed by atoms with van der Waals surface area (Å²) in [4.78, 5) is 15.8.